The number of nitrogens with zero attached hydrogens (tertiary/aromatic N) is 4. The molecule has 100 valence electrons. The number of hydrogen-bond acceptors (Lipinski definition) is 7. The van der Waals surface area contributed by atoms with E-state index in [9.17, 15) is 10.1 Å². The van der Waals surface area contributed by atoms with Crippen LogP contribution in [0.4, 0.5) is 5.69 Å². The molecule has 9 heteroatoms. The minimum absolute atomic E-state index is 0.134. The molecule has 0 bridgehead atoms. The van der Waals surface area contributed by atoms with Gasteiger partial charge in [-0.05, 0) is 30.0 Å². The van der Waals surface area contributed by atoms with Crippen LogP contribution in [0, 0.1) is 10.1 Å². The molecule has 0 atom stereocenters. The van der Waals surface area contributed by atoms with Crippen LogP contribution in [0.2, 0.25) is 5.02 Å². The topological polar surface area (TPSA) is 81.8 Å². The highest BCUT2D eigenvalue weighted by Gasteiger charge is 2.10. The van der Waals surface area contributed by atoms with Crippen molar-refractivity contribution >= 4 is 50.6 Å². The van der Waals surface area contributed by atoms with Crippen molar-refractivity contribution in [2.75, 3.05) is 0 Å². The Morgan fingerprint density at radius 1 is 1.30 bits per heavy atom. The number of nitro groups is 1. The Hall–Kier alpha value is -1.77. The first-order chi connectivity index (χ1) is 9.61. The molecule has 0 aliphatic heterocycles. The maximum Gasteiger partial charge on any atom is 0.305 e. The van der Waals surface area contributed by atoms with E-state index in [0.717, 1.165) is 14.6 Å². The van der Waals surface area contributed by atoms with E-state index in [1.807, 2.05) is 6.07 Å². The summed E-state index contributed by atoms with van der Waals surface area (Å²) in [6.45, 7) is 0. The molecular weight excluding hydrogens is 320 g/mol. The summed E-state index contributed by atoms with van der Waals surface area (Å²) < 4.78 is 1.77. The largest absolute Gasteiger partial charge is 0.305 e. The van der Waals surface area contributed by atoms with Crippen molar-refractivity contribution in [3.8, 4) is 0 Å². The molecule has 0 spiro atoms. The molecule has 0 fully saturated rings. The van der Waals surface area contributed by atoms with Crippen LogP contribution in [0.3, 0.4) is 0 Å². The van der Waals surface area contributed by atoms with Gasteiger partial charge in [0.2, 0.25) is 0 Å². The Morgan fingerprint density at radius 3 is 2.75 bits per heavy atom. The van der Waals surface area contributed by atoms with Crippen molar-refractivity contribution in [3.05, 3.63) is 45.7 Å². The highest BCUT2D eigenvalue weighted by atomic mass is 35.5. The van der Waals surface area contributed by atoms with E-state index in [1.54, 1.807) is 12.1 Å². The van der Waals surface area contributed by atoms with Gasteiger partial charge >= 0.3 is 5.69 Å². The van der Waals surface area contributed by atoms with Crippen molar-refractivity contribution in [1.82, 2.24) is 15.0 Å². The number of fused-ring (bicyclic) bond motifs is 1. The molecule has 0 aliphatic carbocycles. The lowest BCUT2D eigenvalue weighted by molar-refractivity contribution is -0.385. The number of halogens is 1. The second-order valence-electron chi connectivity index (χ2n) is 3.67. The van der Waals surface area contributed by atoms with Crippen LogP contribution in [0.15, 0.2) is 40.1 Å². The minimum Gasteiger partial charge on any atom is -0.258 e. The van der Waals surface area contributed by atoms with E-state index < -0.39 is 4.92 Å². The molecule has 6 nitrogen and oxygen atoms in total. The number of hydrogen-bond donors (Lipinski definition) is 0. The first-order valence-corrected chi connectivity index (χ1v) is 7.33. The predicted molar refractivity (Wildman–Crippen MR) is 77.4 cm³/mol. The summed E-state index contributed by atoms with van der Waals surface area (Å²) in [5, 5.41) is 11.6. The third-order valence-electron chi connectivity index (χ3n) is 2.33. The van der Waals surface area contributed by atoms with Gasteiger partial charge < -0.3 is 0 Å². The molecule has 2 heterocycles. The fourth-order valence-electron chi connectivity index (χ4n) is 1.46. The van der Waals surface area contributed by atoms with Crippen LogP contribution < -0.4 is 0 Å². The van der Waals surface area contributed by atoms with Crippen LogP contribution in [0.5, 0.6) is 0 Å². The second-order valence-corrected chi connectivity index (χ2v) is 6.36. The average Bonchev–Trinajstić information content (AvgIpc) is 2.80. The van der Waals surface area contributed by atoms with Gasteiger partial charge in [-0.25, -0.2) is 15.0 Å². The Bertz CT molecular complexity index is 791. The fraction of sp³-hybridized carbons (Fsp3) is 0. The van der Waals surface area contributed by atoms with Crippen molar-refractivity contribution in [1.29, 1.82) is 0 Å². The lowest BCUT2D eigenvalue weighted by Crippen LogP contribution is -1.92. The third kappa shape index (κ3) is 2.72. The monoisotopic (exact) mass is 324 g/mol. The second kappa shape index (κ2) is 5.31. The first-order valence-electron chi connectivity index (χ1n) is 5.32. The van der Waals surface area contributed by atoms with Gasteiger partial charge in [-0.2, -0.15) is 0 Å². The fourth-order valence-corrected chi connectivity index (χ4v) is 3.47. The van der Waals surface area contributed by atoms with Gasteiger partial charge in [-0.1, -0.05) is 11.6 Å². The van der Waals surface area contributed by atoms with E-state index >= 15 is 0 Å². The summed E-state index contributed by atoms with van der Waals surface area (Å²) in [5.74, 6) is 0. The van der Waals surface area contributed by atoms with Crippen LogP contribution in [0.25, 0.3) is 10.2 Å². The number of rotatable bonds is 3. The van der Waals surface area contributed by atoms with Gasteiger partial charge in [-0.3, -0.25) is 10.1 Å². The smallest absolute Gasteiger partial charge is 0.258 e. The molecule has 0 amide bonds. The molecule has 0 aliphatic rings. The van der Waals surface area contributed by atoms with E-state index in [1.165, 1.54) is 35.5 Å². The van der Waals surface area contributed by atoms with Crippen molar-refractivity contribution in [2.24, 2.45) is 0 Å². The zero-order valence-corrected chi connectivity index (χ0v) is 12.1. The van der Waals surface area contributed by atoms with Gasteiger partial charge in [0.1, 0.15) is 12.4 Å². The van der Waals surface area contributed by atoms with Crippen molar-refractivity contribution in [2.45, 2.75) is 9.50 Å². The molecule has 0 radical (unpaired) electrons. The first kappa shape index (κ1) is 13.2. The third-order valence-corrected chi connectivity index (χ3v) is 4.56. The van der Waals surface area contributed by atoms with Gasteiger partial charge in [0, 0.05) is 5.02 Å². The zero-order chi connectivity index (χ0) is 14.1. The van der Waals surface area contributed by atoms with E-state index in [2.05, 4.69) is 15.0 Å². The number of thiazole rings is 1. The molecular formula is C11H5ClN4O2S2. The normalized spacial score (nSPS) is 10.8. The van der Waals surface area contributed by atoms with Gasteiger partial charge in [0.05, 0.1) is 15.1 Å². The van der Waals surface area contributed by atoms with Crippen molar-refractivity contribution in [3.63, 3.8) is 0 Å². The van der Waals surface area contributed by atoms with Crippen LogP contribution in [-0.2, 0) is 0 Å². The molecule has 0 unspecified atom stereocenters. The highest BCUT2D eigenvalue weighted by molar-refractivity contribution is 8.01. The standard InChI is InChI=1S/C11H5ClN4O2S2/c12-6-1-2-9-8(3-6)15-11(19-9)20-10-13-4-7(5-14-10)16(17)18/h1-5H. The summed E-state index contributed by atoms with van der Waals surface area (Å²) >= 11 is 8.65. The number of benzene rings is 1. The molecule has 0 saturated heterocycles. The summed E-state index contributed by atoms with van der Waals surface area (Å²) in [6.07, 6.45) is 2.36. The molecule has 2 aromatic heterocycles. The molecule has 1 aromatic carbocycles. The summed E-state index contributed by atoms with van der Waals surface area (Å²) in [4.78, 5) is 22.3. The number of aromatic nitrogens is 3. The van der Waals surface area contributed by atoms with Gasteiger partial charge in [0.25, 0.3) is 0 Å². The molecule has 3 rings (SSSR count). The Kier molecular flexibility index (Phi) is 3.51. The summed E-state index contributed by atoms with van der Waals surface area (Å²) in [5.41, 5.74) is 0.678. The minimum atomic E-state index is -0.534. The lowest BCUT2D eigenvalue weighted by Gasteiger charge is -1.94. The van der Waals surface area contributed by atoms with E-state index in [4.69, 9.17) is 11.6 Å². The maximum atomic E-state index is 10.5. The van der Waals surface area contributed by atoms with Crippen LogP contribution >= 0.6 is 34.7 Å². The van der Waals surface area contributed by atoms with Gasteiger partial charge in [0.15, 0.2) is 9.50 Å². The quantitative estimate of drug-likeness (QED) is 0.414. The van der Waals surface area contributed by atoms with E-state index in [-0.39, 0.29) is 5.69 Å². The van der Waals surface area contributed by atoms with Crippen molar-refractivity contribution < 1.29 is 4.92 Å². The molecule has 0 saturated carbocycles. The molecule has 0 N–H and O–H groups in total. The SMILES string of the molecule is O=[N+]([O-])c1cnc(Sc2nc3cc(Cl)ccc3s2)nc1. The maximum absolute atomic E-state index is 10.5. The summed E-state index contributed by atoms with van der Waals surface area (Å²) in [7, 11) is 0. The highest BCUT2D eigenvalue weighted by Crippen LogP contribution is 2.33. The Balaban J connectivity index is 1.87. The summed E-state index contributed by atoms with van der Waals surface area (Å²) in [6, 6.07) is 5.49. The molecule has 20 heavy (non-hydrogen) atoms. The predicted octanol–water partition coefficient (Wildman–Crippen LogP) is 3.80. The van der Waals surface area contributed by atoms with Crippen LogP contribution in [-0.4, -0.2) is 19.9 Å². The van der Waals surface area contributed by atoms with E-state index in [0.29, 0.717) is 10.2 Å². The Morgan fingerprint density at radius 2 is 2.05 bits per heavy atom. The van der Waals surface area contributed by atoms with Crippen LogP contribution in [0.1, 0.15) is 0 Å². The Labute approximate surface area is 126 Å². The van der Waals surface area contributed by atoms with Gasteiger partial charge in [-0.15, -0.1) is 11.3 Å². The average molecular weight is 325 g/mol. The lowest BCUT2D eigenvalue weighted by atomic mass is 10.3. The zero-order valence-electron chi connectivity index (χ0n) is 9.69. The molecule has 3 aromatic rings.